The van der Waals surface area contributed by atoms with Crippen molar-refractivity contribution in [3.8, 4) is 0 Å². The Morgan fingerprint density at radius 2 is 1.75 bits per heavy atom. The van der Waals surface area contributed by atoms with Gasteiger partial charge in [0, 0.05) is 13.2 Å². The normalized spacial score (nSPS) is 15.0. The van der Waals surface area contributed by atoms with E-state index in [4.69, 9.17) is 14.2 Å². The molecule has 0 aromatic carbocycles. The molecule has 0 saturated carbocycles. The Labute approximate surface area is 100 Å². The van der Waals surface area contributed by atoms with Crippen LogP contribution in [0, 0.1) is 0 Å². The van der Waals surface area contributed by atoms with Gasteiger partial charge in [-0.1, -0.05) is 20.3 Å². The highest BCUT2D eigenvalue weighted by molar-refractivity contribution is 4.55. The average molecular weight is 232 g/mol. The van der Waals surface area contributed by atoms with E-state index in [1.807, 2.05) is 13.8 Å². The van der Waals surface area contributed by atoms with Gasteiger partial charge in [0.25, 0.3) is 0 Å². The molecule has 0 fully saturated rings. The Balaban J connectivity index is 3.43. The van der Waals surface area contributed by atoms with Crippen LogP contribution in [0.25, 0.3) is 0 Å². The van der Waals surface area contributed by atoms with Crippen LogP contribution in [-0.2, 0) is 14.2 Å². The predicted octanol–water partition coefficient (Wildman–Crippen LogP) is 3.02. The van der Waals surface area contributed by atoms with Gasteiger partial charge in [0.2, 0.25) is 0 Å². The zero-order valence-corrected chi connectivity index (χ0v) is 11.3. The number of rotatable bonds is 11. The highest BCUT2D eigenvalue weighted by atomic mass is 16.6. The average Bonchev–Trinajstić information content (AvgIpc) is 2.30. The maximum absolute atomic E-state index is 5.68. The molecule has 0 aromatic rings. The summed E-state index contributed by atoms with van der Waals surface area (Å²) in [5, 5.41) is 0. The molecular weight excluding hydrogens is 204 g/mol. The van der Waals surface area contributed by atoms with Crippen LogP contribution in [0.3, 0.4) is 0 Å². The van der Waals surface area contributed by atoms with Gasteiger partial charge in [-0.2, -0.15) is 0 Å². The third-order valence-corrected chi connectivity index (χ3v) is 2.42. The smallest absolute Gasteiger partial charge is 0.0805 e. The van der Waals surface area contributed by atoms with Gasteiger partial charge in [-0.3, -0.25) is 0 Å². The molecule has 0 radical (unpaired) electrons. The van der Waals surface area contributed by atoms with Crippen molar-refractivity contribution in [2.45, 2.75) is 59.2 Å². The van der Waals surface area contributed by atoms with E-state index in [2.05, 4.69) is 13.8 Å². The Hall–Kier alpha value is -0.120. The molecule has 2 atom stereocenters. The van der Waals surface area contributed by atoms with Gasteiger partial charge in [-0.05, 0) is 26.7 Å². The fourth-order valence-corrected chi connectivity index (χ4v) is 1.33. The highest BCUT2D eigenvalue weighted by Gasteiger charge is 2.09. The monoisotopic (exact) mass is 232 g/mol. The maximum atomic E-state index is 5.68. The van der Waals surface area contributed by atoms with Crippen LogP contribution in [-0.4, -0.2) is 38.6 Å². The molecule has 98 valence electrons. The molecule has 0 aliphatic rings. The molecule has 0 heterocycles. The van der Waals surface area contributed by atoms with Crippen molar-refractivity contribution in [2.75, 3.05) is 26.4 Å². The van der Waals surface area contributed by atoms with Gasteiger partial charge in [-0.15, -0.1) is 0 Å². The summed E-state index contributed by atoms with van der Waals surface area (Å²) in [5.41, 5.74) is 0. The second-order valence-electron chi connectivity index (χ2n) is 4.06. The summed E-state index contributed by atoms with van der Waals surface area (Å²) < 4.78 is 16.7. The first-order valence-electron chi connectivity index (χ1n) is 6.55. The molecule has 3 heteroatoms. The van der Waals surface area contributed by atoms with E-state index in [9.17, 15) is 0 Å². The van der Waals surface area contributed by atoms with Crippen LogP contribution in [0.2, 0.25) is 0 Å². The summed E-state index contributed by atoms with van der Waals surface area (Å²) in [5.74, 6) is 0. The van der Waals surface area contributed by atoms with Gasteiger partial charge in [0.15, 0.2) is 0 Å². The van der Waals surface area contributed by atoms with Crippen LogP contribution in [0.15, 0.2) is 0 Å². The number of unbranched alkanes of at least 4 members (excludes halogenated alkanes) is 1. The van der Waals surface area contributed by atoms with Gasteiger partial charge in [-0.25, -0.2) is 0 Å². The molecule has 0 aliphatic carbocycles. The van der Waals surface area contributed by atoms with Crippen molar-refractivity contribution in [1.82, 2.24) is 0 Å². The first-order valence-corrected chi connectivity index (χ1v) is 6.55. The second-order valence-corrected chi connectivity index (χ2v) is 4.06. The zero-order valence-electron chi connectivity index (χ0n) is 11.3. The fraction of sp³-hybridized carbons (Fsp3) is 1.00. The molecule has 0 aromatic heterocycles. The minimum absolute atomic E-state index is 0.159. The molecule has 2 unspecified atom stereocenters. The Bertz CT molecular complexity index is 139. The Morgan fingerprint density at radius 1 is 1.00 bits per heavy atom. The van der Waals surface area contributed by atoms with Crippen LogP contribution in [0.1, 0.15) is 47.0 Å². The molecule has 3 nitrogen and oxygen atoms in total. The fourth-order valence-electron chi connectivity index (χ4n) is 1.33. The van der Waals surface area contributed by atoms with Crippen LogP contribution >= 0.6 is 0 Å². The largest absolute Gasteiger partial charge is 0.379 e. The number of hydrogen-bond acceptors (Lipinski definition) is 3. The minimum atomic E-state index is 0.159. The summed E-state index contributed by atoms with van der Waals surface area (Å²) in [6.07, 6.45) is 3.69. The lowest BCUT2D eigenvalue weighted by atomic mass is 10.3. The third kappa shape index (κ3) is 9.13. The molecule has 16 heavy (non-hydrogen) atoms. The Morgan fingerprint density at radius 3 is 2.31 bits per heavy atom. The number of ether oxygens (including phenoxy) is 3. The summed E-state index contributed by atoms with van der Waals surface area (Å²) in [4.78, 5) is 0. The maximum Gasteiger partial charge on any atom is 0.0805 e. The van der Waals surface area contributed by atoms with E-state index < -0.39 is 0 Å². The summed E-state index contributed by atoms with van der Waals surface area (Å²) in [6, 6.07) is 0. The third-order valence-electron chi connectivity index (χ3n) is 2.42. The van der Waals surface area contributed by atoms with Gasteiger partial charge < -0.3 is 14.2 Å². The van der Waals surface area contributed by atoms with Crippen LogP contribution < -0.4 is 0 Å². The standard InChI is InChI=1S/C13H28O3/c1-5-8-9-14-10-12(4)16-11-13(6-2)15-7-3/h12-13H,5-11H2,1-4H3. The van der Waals surface area contributed by atoms with Crippen molar-refractivity contribution in [1.29, 1.82) is 0 Å². The van der Waals surface area contributed by atoms with Crippen LogP contribution in [0.4, 0.5) is 0 Å². The molecule has 0 N–H and O–H groups in total. The quantitative estimate of drug-likeness (QED) is 0.512. The van der Waals surface area contributed by atoms with E-state index in [0.29, 0.717) is 13.2 Å². The van der Waals surface area contributed by atoms with Crippen molar-refractivity contribution < 1.29 is 14.2 Å². The van der Waals surface area contributed by atoms with Gasteiger partial charge >= 0.3 is 0 Å². The summed E-state index contributed by atoms with van der Waals surface area (Å²) in [6.45, 7) is 11.3. The van der Waals surface area contributed by atoms with Crippen molar-refractivity contribution in [3.63, 3.8) is 0 Å². The topological polar surface area (TPSA) is 27.7 Å². The minimum Gasteiger partial charge on any atom is -0.379 e. The molecule has 0 amide bonds. The molecule has 0 aliphatic heterocycles. The van der Waals surface area contributed by atoms with Crippen molar-refractivity contribution in [2.24, 2.45) is 0 Å². The van der Waals surface area contributed by atoms with Crippen molar-refractivity contribution in [3.05, 3.63) is 0 Å². The van der Waals surface area contributed by atoms with Crippen molar-refractivity contribution >= 4 is 0 Å². The highest BCUT2D eigenvalue weighted by Crippen LogP contribution is 2.02. The molecule has 0 bridgehead atoms. The van der Waals surface area contributed by atoms with E-state index in [0.717, 1.165) is 26.1 Å². The lowest BCUT2D eigenvalue weighted by molar-refractivity contribution is -0.0613. The van der Waals surface area contributed by atoms with E-state index in [1.165, 1.54) is 6.42 Å². The lowest BCUT2D eigenvalue weighted by Gasteiger charge is -2.19. The Kier molecular flexibility index (Phi) is 11.3. The first-order chi connectivity index (χ1) is 7.74. The second kappa shape index (κ2) is 11.4. The molecule has 0 spiro atoms. The van der Waals surface area contributed by atoms with Crippen LogP contribution in [0.5, 0.6) is 0 Å². The lowest BCUT2D eigenvalue weighted by Crippen LogP contribution is -2.25. The van der Waals surface area contributed by atoms with E-state index in [1.54, 1.807) is 0 Å². The summed E-state index contributed by atoms with van der Waals surface area (Å²) >= 11 is 0. The molecule has 0 saturated heterocycles. The molecule has 0 rings (SSSR count). The zero-order chi connectivity index (χ0) is 12.2. The SMILES string of the molecule is CCCCOCC(C)OCC(CC)OCC. The number of hydrogen-bond donors (Lipinski definition) is 0. The van der Waals surface area contributed by atoms with Gasteiger partial charge in [0.1, 0.15) is 0 Å². The van der Waals surface area contributed by atoms with E-state index in [-0.39, 0.29) is 12.2 Å². The predicted molar refractivity (Wildman–Crippen MR) is 66.8 cm³/mol. The summed E-state index contributed by atoms with van der Waals surface area (Å²) in [7, 11) is 0. The first kappa shape index (κ1) is 15.9. The van der Waals surface area contributed by atoms with Gasteiger partial charge in [0.05, 0.1) is 25.4 Å². The van der Waals surface area contributed by atoms with E-state index >= 15 is 0 Å². The molecular formula is C13H28O3.